The van der Waals surface area contributed by atoms with Gasteiger partial charge in [-0.05, 0) is 46.6 Å². The summed E-state index contributed by atoms with van der Waals surface area (Å²) in [5, 5.41) is 0. The molecule has 2 nitrogen and oxygen atoms in total. The molecule has 14 heavy (non-hydrogen) atoms. The van der Waals surface area contributed by atoms with E-state index in [0.29, 0.717) is 0 Å². The second-order valence-corrected chi connectivity index (χ2v) is 5.63. The first-order valence-electron chi connectivity index (χ1n) is 6.19. The van der Waals surface area contributed by atoms with Gasteiger partial charge in [0.2, 0.25) is 0 Å². The SMILES string of the molecule is CC(C)N1C2CCC1C1CCC2N1C. The fraction of sp³-hybridized carbons (Fsp3) is 1.00. The Balaban J connectivity index is 1.94. The number of fused-ring (bicyclic) bond motifs is 6. The maximum Gasteiger partial charge on any atom is 0.0258 e. The summed E-state index contributed by atoms with van der Waals surface area (Å²) >= 11 is 0. The lowest BCUT2D eigenvalue weighted by molar-refractivity contribution is 0.00468. The van der Waals surface area contributed by atoms with Crippen LogP contribution in [0.15, 0.2) is 0 Å². The van der Waals surface area contributed by atoms with Crippen LogP contribution in [0.2, 0.25) is 0 Å². The molecule has 0 aromatic heterocycles. The van der Waals surface area contributed by atoms with Gasteiger partial charge in [0.05, 0.1) is 0 Å². The van der Waals surface area contributed by atoms with Crippen LogP contribution in [0.3, 0.4) is 0 Å². The van der Waals surface area contributed by atoms with Gasteiger partial charge in [-0.1, -0.05) is 0 Å². The maximum atomic E-state index is 2.82. The Morgan fingerprint density at radius 2 is 1.29 bits per heavy atom. The Kier molecular flexibility index (Phi) is 1.94. The molecule has 0 spiro atoms. The van der Waals surface area contributed by atoms with Crippen molar-refractivity contribution in [3.63, 3.8) is 0 Å². The van der Waals surface area contributed by atoms with Gasteiger partial charge >= 0.3 is 0 Å². The van der Waals surface area contributed by atoms with E-state index >= 15 is 0 Å². The fourth-order valence-corrected chi connectivity index (χ4v) is 4.36. The Bertz CT molecular complexity index is 218. The molecule has 80 valence electrons. The molecule has 0 aromatic rings. The van der Waals surface area contributed by atoms with Crippen molar-refractivity contribution >= 4 is 0 Å². The van der Waals surface area contributed by atoms with Gasteiger partial charge in [-0.3, -0.25) is 9.80 Å². The molecule has 0 aromatic carbocycles. The number of hydrogen-bond acceptors (Lipinski definition) is 2. The monoisotopic (exact) mass is 194 g/mol. The molecule has 4 atom stereocenters. The van der Waals surface area contributed by atoms with E-state index in [4.69, 9.17) is 0 Å². The van der Waals surface area contributed by atoms with Crippen LogP contribution in [0.1, 0.15) is 39.5 Å². The first kappa shape index (κ1) is 9.17. The van der Waals surface area contributed by atoms with Crippen LogP contribution in [0, 0.1) is 0 Å². The van der Waals surface area contributed by atoms with Gasteiger partial charge < -0.3 is 0 Å². The number of rotatable bonds is 1. The Labute approximate surface area is 87.3 Å². The molecule has 3 rings (SSSR count). The van der Waals surface area contributed by atoms with Crippen LogP contribution < -0.4 is 0 Å². The lowest BCUT2D eigenvalue weighted by Crippen LogP contribution is -2.60. The Hall–Kier alpha value is -0.0800. The molecular weight excluding hydrogens is 172 g/mol. The van der Waals surface area contributed by atoms with E-state index in [1.165, 1.54) is 25.7 Å². The predicted octanol–water partition coefficient (Wildman–Crippen LogP) is 1.70. The molecule has 0 N–H and O–H groups in total. The Morgan fingerprint density at radius 1 is 0.857 bits per heavy atom. The van der Waals surface area contributed by atoms with Crippen LogP contribution in [0.5, 0.6) is 0 Å². The summed E-state index contributed by atoms with van der Waals surface area (Å²) < 4.78 is 0. The summed E-state index contributed by atoms with van der Waals surface area (Å²) in [6, 6.07) is 4.26. The zero-order valence-electron chi connectivity index (χ0n) is 9.61. The van der Waals surface area contributed by atoms with Gasteiger partial charge in [0.1, 0.15) is 0 Å². The fourth-order valence-electron chi connectivity index (χ4n) is 4.36. The molecule has 0 aliphatic carbocycles. The average Bonchev–Trinajstić information content (AvgIpc) is 2.56. The first-order valence-corrected chi connectivity index (χ1v) is 6.19. The third kappa shape index (κ3) is 0.989. The number of nitrogens with zero attached hydrogens (tertiary/aromatic N) is 2. The molecule has 3 saturated heterocycles. The van der Waals surface area contributed by atoms with Gasteiger partial charge in [0.15, 0.2) is 0 Å². The molecule has 3 aliphatic rings. The van der Waals surface area contributed by atoms with Crippen molar-refractivity contribution in [1.29, 1.82) is 0 Å². The minimum atomic E-state index is 0.754. The molecule has 0 radical (unpaired) electrons. The number of likely N-dealkylation sites (N-methyl/N-ethyl adjacent to an activating group) is 1. The smallest absolute Gasteiger partial charge is 0.0258 e. The van der Waals surface area contributed by atoms with Crippen molar-refractivity contribution in [3.05, 3.63) is 0 Å². The second-order valence-electron chi connectivity index (χ2n) is 5.63. The molecule has 3 aliphatic heterocycles. The molecule has 2 heteroatoms. The van der Waals surface area contributed by atoms with Crippen LogP contribution in [-0.2, 0) is 0 Å². The highest BCUT2D eigenvalue weighted by molar-refractivity contribution is 5.10. The molecule has 3 fully saturated rings. The minimum Gasteiger partial charge on any atom is -0.297 e. The van der Waals surface area contributed by atoms with E-state index < -0.39 is 0 Å². The van der Waals surface area contributed by atoms with Crippen molar-refractivity contribution in [2.24, 2.45) is 0 Å². The molecule has 4 unspecified atom stereocenters. The topological polar surface area (TPSA) is 6.48 Å². The van der Waals surface area contributed by atoms with Crippen LogP contribution >= 0.6 is 0 Å². The lowest BCUT2D eigenvalue weighted by atomic mass is 10.0. The van der Waals surface area contributed by atoms with Gasteiger partial charge in [-0.25, -0.2) is 0 Å². The zero-order valence-corrected chi connectivity index (χ0v) is 9.61. The van der Waals surface area contributed by atoms with Gasteiger partial charge in [0, 0.05) is 30.2 Å². The first-order chi connectivity index (χ1) is 6.70. The molecule has 0 amide bonds. The predicted molar refractivity (Wildman–Crippen MR) is 58.4 cm³/mol. The summed E-state index contributed by atoms with van der Waals surface area (Å²) in [7, 11) is 2.35. The number of piperazine rings is 1. The van der Waals surface area contributed by atoms with E-state index in [1.54, 1.807) is 0 Å². The van der Waals surface area contributed by atoms with Crippen molar-refractivity contribution in [1.82, 2.24) is 9.80 Å². The summed E-state index contributed by atoms with van der Waals surface area (Å²) in [5.74, 6) is 0. The van der Waals surface area contributed by atoms with Crippen LogP contribution in [0.25, 0.3) is 0 Å². The quantitative estimate of drug-likeness (QED) is 0.627. The molecular formula is C12H22N2. The molecule has 0 saturated carbocycles. The van der Waals surface area contributed by atoms with Gasteiger partial charge in [-0.2, -0.15) is 0 Å². The molecule has 3 heterocycles. The van der Waals surface area contributed by atoms with E-state index in [-0.39, 0.29) is 0 Å². The standard InChI is InChI=1S/C12H22N2/c1-8(2)14-11-6-7-12(14)10-5-4-9(11)13(10)3/h8-12H,4-7H2,1-3H3. The van der Waals surface area contributed by atoms with Crippen molar-refractivity contribution in [2.75, 3.05) is 7.05 Å². The summed E-state index contributed by atoms with van der Waals surface area (Å²) in [5.41, 5.74) is 0. The third-order valence-corrected chi connectivity index (χ3v) is 4.81. The Morgan fingerprint density at radius 3 is 1.71 bits per heavy atom. The van der Waals surface area contributed by atoms with Crippen LogP contribution in [0.4, 0.5) is 0 Å². The van der Waals surface area contributed by atoms with Crippen molar-refractivity contribution in [3.8, 4) is 0 Å². The zero-order chi connectivity index (χ0) is 9.87. The summed E-state index contributed by atoms with van der Waals surface area (Å²) in [6.07, 6.45) is 5.81. The van der Waals surface area contributed by atoms with E-state index in [1.807, 2.05) is 0 Å². The highest BCUT2D eigenvalue weighted by atomic mass is 15.4. The summed E-state index contributed by atoms with van der Waals surface area (Å²) in [4.78, 5) is 5.50. The van der Waals surface area contributed by atoms with Crippen LogP contribution in [-0.4, -0.2) is 47.1 Å². The normalized spacial score (nSPS) is 48.0. The highest BCUT2D eigenvalue weighted by Gasteiger charge is 2.53. The second kappa shape index (κ2) is 2.96. The van der Waals surface area contributed by atoms with E-state index in [9.17, 15) is 0 Å². The number of hydrogen-bond donors (Lipinski definition) is 0. The highest BCUT2D eigenvalue weighted by Crippen LogP contribution is 2.45. The largest absolute Gasteiger partial charge is 0.297 e. The summed E-state index contributed by atoms with van der Waals surface area (Å²) in [6.45, 7) is 4.74. The van der Waals surface area contributed by atoms with Crippen molar-refractivity contribution in [2.45, 2.75) is 69.7 Å². The van der Waals surface area contributed by atoms with Gasteiger partial charge in [0.25, 0.3) is 0 Å². The third-order valence-electron chi connectivity index (χ3n) is 4.81. The van der Waals surface area contributed by atoms with Crippen molar-refractivity contribution < 1.29 is 0 Å². The maximum absolute atomic E-state index is 2.82. The van der Waals surface area contributed by atoms with E-state index in [0.717, 1.165) is 30.2 Å². The average molecular weight is 194 g/mol. The van der Waals surface area contributed by atoms with E-state index in [2.05, 4.69) is 30.7 Å². The van der Waals surface area contributed by atoms with Gasteiger partial charge in [-0.15, -0.1) is 0 Å². The minimum absolute atomic E-state index is 0.754. The molecule has 4 bridgehead atoms. The lowest BCUT2D eigenvalue weighted by Gasteiger charge is -2.47.